The molecule has 1 aliphatic carbocycles. The summed E-state index contributed by atoms with van der Waals surface area (Å²) in [5.74, 6) is -3.49. The molecule has 8 heteroatoms. The van der Waals surface area contributed by atoms with Crippen molar-refractivity contribution in [2.24, 2.45) is 5.92 Å². The van der Waals surface area contributed by atoms with E-state index in [0.29, 0.717) is 11.4 Å². The maximum absolute atomic E-state index is 13.1. The number of carbonyl (C=O) groups excluding carboxylic acids is 3. The van der Waals surface area contributed by atoms with E-state index < -0.39 is 29.7 Å². The van der Waals surface area contributed by atoms with Crippen LogP contribution in [0.4, 0.5) is 10.5 Å². The van der Waals surface area contributed by atoms with Crippen LogP contribution >= 0.6 is 0 Å². The highest BCUT2D eigenvalue weighted by Gasteiger charge is 2.45. The molecule has 28 heavy (non-hydrogen) atoms. The van der Waals surface area contributed by atoms with Gasteiger partial charge in [-0.15, -0.1) is 0 Å². The summed E-state index contributed by atoms with van der Waals surface area (Å²) in [6.07, 6.45) is 6.02. The van der Waals surface area contributed by atoms with Crippen LogP contribution in [-0.4, -0.2) is 39.9 Å². The Morgan fingerprint density at radius 1 is 1.21 bits per heavy atom. The van der Waals surface area contributed by atoms with Gasteiger partial charge in [-0.25, -0.2) is 9.59 Å². The molecule has 1 aromatic rings. The Labute approximate surface area is 162 Å². The summed E-state index contributed by atoms with van der Waals surface area (Å²) in [5, 5.41) is 14.4. The van der Waals surface area contributed by atoms with Gasteiger partial charge in [0.1, 0.15) is 0 Å². The molecule has 3 rings (SSSR count). The number of hydrogen-bond acceptors (Lipinski definition) is 5. The number of barbiturate groups is 1. The summed E-state index contributed by atoms with van der Waals surface area (Å²) in [4.78, 5) is 50.2. The third-order valence-corrected chi connectivity index (χ3v) is 5.16. The average molecular weight is 385 g/mol. The van der Waals surface area contributed by atoms with Crippen molar-refractivity contribution in [3.63, 3.8) is 0 Å². The standard InChI is InChI=1S/C20H23N3O5/c1-2-15(21-13-8-6-7-12(11-13)19(26)27)16-17(24)22-20(28)23(18(16)25)14-9-4-3-5-10-14/h2,6-8,11,14,16,21H,3-5,9-10H2,1H3,(H,26,27)(H,22,24,28)/b15-2+/t16-/m0/s1. The Hall–Kier alpha value is -3.16. The molecule has 4 amide bonds. The number of nitrogens with one attached hydrogen (secondary N) is 2. The molecule has 0 aromatic heterocycles. The Kier molecular flexibility index (Phi) is 5.77. The maximum Gasteiger partial charge on any atom is 0.335 e. The summed E-state index contributed by atoms with van der Waals surface area (Å²) in [7, 11) is 0. The fourth-order valence-electron chi connectivity index (χ4n) is 3.76. The highest BCUT2D eigenvalue weighted by Crippen LogP contribution is 2.28. The smallest absolute Gasteiger partial charge is 0.335 e. The van der Waals surface area contributed by atoms with E-state index in [-0.39, 0.29) is 11.6 Å². The lowest BCUT2D eigenvalue weighted by Crippen LogP contribution is -2.61. The predicted octanol–water partition coefficient (Wildman–Crippen LogP) is 2.73. The molecule has 1 saturated heterocycles. The number of anilines is 1. The zero-order chi connectivity index (χ0) is 20.3. The van der Waals surface area contributed by atoms with E-state index in [2.05, 4.69) is 10.6 Å². The second-order valence-electron chi connectivity index (χ2n) is 6.98. The number of nitrogens with zero attached hydrogens (tertiary/aromatic N) is 1. The van der Waals surface area contributed by atoms with Crippen molar-refractivity contribution in [1.29, 1.82) is 0 Å². The summed E-state index contributed by atoms with van der Waals surface area (Å²) in [6, 6.07) is 5.21. The van der Waals surface area contributed by atoms with Crippen LogP contribution in [-0.2, 0) is 9.59 Å². The first-order valence-electron chi connectivity index (χ1n) is 9.37. The highest BCUT2D eigenvalue weighted by atomic mass is 16.4. The van der Waals surface area contributed by atoms with Crippen molar-refractivity contribution < 1.29 is 24.3 Å². The number of rotatable bonds is 5. The molecule has 0 spiro atoms. The van der Waals surface area contributed by atoms with E-state index in [1.54, 1.807) is 25.1 Å². The first-order valence-corrected chi connectivity index (χ1v) is 9.37. The average Bonchev–Trinajstić information content (AvgIpc) is 2.67. The molecule has 8 nitrogen and oxygen atoms in total. The summed E-state index contributed by atoms with van der Waals surface area (Å²) in [6.45, 7) is 1.67. The Morgan fingerprint density at radius 3 is 2.57 bits per heavy atom. The van der Waals surface area contributed by atoms with Crippen LogP contribution in [0.5, 0.6) is 0 Å². The first kappa shape index (κ1) is 19.6. The molecule has 148 valence electrons. The van der Waals surface area contributed by atoms with E-state index in [0.717, 1.165) is 32.1 Å². The minimum Gasteiger partial charge on any atom is -0.478 e. The molecule has 3 N–H and O–H groups in total. The van der Waals surface area contributed by atoms with Gasteiger partial charge in [0.05, 0.1) is 5.56 Å². The van der Waals surface area contributed by atoms with E-state index >= 15 is 0 Å². The number of amides is 4. The number of carboxylic acid groups (broad SMARTS) is 1. The van der Waals surface area contributed by atoms with Gasteiger partial charge in [-0.3, -0.25) is 19.8 Å². The van der Waals surface area contributed by atoms with Gasteiger partial charge in [-0.05, 0) is 38.0 Å². The minimum absolute atomic E-state index is 0.0823. The number of hydrogen-bond donors (Lipinski definition) is 3. The van der Waals surface area contributed by atoms with Crippen LogP contribution in [0, 0.1) is 5.92 Å². The number of allylic oxidation sites excluding steroid dienone is 1. The molecule has 1 aromatic carbocycles. The van der Waals surface area contributed by atoms with Crippen LogP contribution in [0.15, 0.2) is 36.0 Å². The summed E-state index contributed by atoms with van der Waals surface area (Å²) >= 11 is 0. The zero-order valence-electron chi connectivity index (χ0n) is 15.6. The van der Waals surface area contributed by atoms with Crippen molar-refractivity contribution in [2.45, 2.75) is 45.1 Å². The third kappa shape index (κ3) is 3.90. The normalized spacial score (nSPS) is 21.5. The van der Waals surface area contributed by atoms with E-state index in [4.69, 9.17) is 5.11 Å². The monoisotopic (exact) mass is 385 g/mol. The quantitative estimate of drug-likeness (QED) is 0.671. The Balaban J connectivity index is 1.85. The molecule has 2 aliphatic rings. The van der Waals surface area contributed by atoms with Crippen molar-refractivity contribution in [3.8, 4) is 0 Å². The SMILES string of the molecule is C/C=C(/Nc1cccc(C(=O)O)c1)[C@H]1C(=O)NC(=O)N(C2CCCCC2)C1=O. The topological polar surface area (TPSA) is 116 Å². The van der Waals surface area contributed by atoms with Crippen LogP contribution in [0.1, 0.15) is 49.4 Å². The van der Waals surface area contributed by atoms with E-state index in [1.165, 1.54) is 17.0 Å². The first-order chi connectivity index (χ1) is 13.4. The lowest BCUT2D eigenvalue weighted by atomic mass is 9.91. The van der Waals surface area contributed by atoms with Gasteiger partial charge >= 0.3 is 12.0 Å². The second-order valence-corrected chi connectivity index (χ2v) is 6.98. The molecule has 1 heterocycles. The fourth-order valence-corrected chi connectivity index (χ4v) is 3.76. The Bertz CT molecular complexity index is 842. The number of urea groups is 1. The molecule has 0 bridgehead atoms. The van der Waals surface area contributed by atoms with Crippen molar-refractivity contribution in [3.05, 3.63) is 41.6 Å². The molecule has 2 fully saturated rings. The van der Waals surface area contributed by atoms with Crippen molar-refractivity contribution in [2.75, 3.05) is 5.32 Å². The van der Waals surface area contributed by atoms with Crippen molar-refractivity contribution >= 4 is 29.5 Å². The van der Waals surface area contributed by atoms with Crippen LogP contribution < -0.4 is 10.6 Å². The predicted molar refractivity (Wildman–Crippen MR) is 102 cm³/mol. The fraction of sp³-hybridized carbons (Fsp3) is 0.400. The van der Waals surface area contributed by atoms with Gasteiger partial charge in [0, 0.05) is 17.4 Å². The number of imide groups is 2. The van der Waals surface area contributed by atoms with E-state index in [9.17, 15) is 19.2 Å². The lowest BCUT2D eigenvalue weighted by Gasteiger charge is -2.38. The maximum atomic E-state index is 13.1. The van der Waals surface area contributed by atoms with Crippen LogP contribution in [0.25, 0.3) is 0 Å². The molecule has 1 atom stereocenters. The molecular formula is C20H23N3O5. The van der Waals surface area contributed by atoms with Crippen LogP contribution in [0.2, 0.25) is 0 Å². The summed E-state index contributed by atoms with van der Waals surface area (Å²) < 4.78 is 0. The lowest BCUT2D eigenvalue weighted by molar-refractivity contribution is -0.142. The van der Waals surface area contributed by atoms with Gasteiger partial charge < -0.3 is 10.4 Å². The third-order valence-electron chi connectivity index (χ3n) is 5.16. The number of carbonyl (C=O) groups is 4. The largest absolute Gasteiger partial charge is 0.478 e. The van der Waals surface area contributed by atoms with Crippen molar-refractivity contribution in [1.82, 2.24) is 10.2 Å². The van der Waals surface area contributed by atoms with Gasteiger partial charge in [0.15, 0.2) is 5.92 Å². The number of carboxylic acids is 1. The summed E-state index contributed by atoms with van der Waals surface area (Å²) in [5.41, 5.74) is 0.826. The van der Waals surface area contributed by atoms with Gasteiger partial charge in [0.2, 0.25) is 11.8 Å². The number of benzene rings is 1. The highest BCUT2D eigenvalue weighted by molar-refractivity contribution is 6.18. The van der Waals surface area contributed by atoms with Gasteiger partial charge in [-0.2, -0.15) is 0 Å². The molecule has 1 aliphatic heterocycles. The minimum atomic E-state index is -1.18. The molecule has 1 saturated carbocycles. The Morgan fingerprint density at radius 2 is 1.93 bits per heavy atom. The molecular weight excluding hydrogens is 362 g/mol. The molecule has 0 radical (unpaired) electrons. The second kappa shape index (κ2) is 8.24. The van der Waals surface area contributed by atoms with Crippen LogP contribution in [0.3, 0.4) is 0 Å². The van der Waals surface area contributed by atoms with Gasteiger partial charge in [-0.1, -0.05) is 31.4 Å². The van der Waals surface area contributed by atoms with Gasteiger partial charge in [0.25, 0.3) is 0 Å². The molecule has 0 unspecified atom stereocenters. The van der Waals surface area contributed by atoms with E-state index in [1.807, 2.05) is 0 Å². The zero-order valence-corrected chi connectivity index (χ0v) is 15.6. The number of aromatic carboxylic acids is 1.